The van der Waals surface area contributed by atoms with Crippen molar-refractivity contribution in [3.63, 3.8) is 0 Å². The Bertz CT molecular complexity index is 1800. The predicted octanol–water partition coefficient (Wildman–Crippen LogP) is 8.04. The molecule has 0 radical (unpaired) electrons. The number of hydrogen-bond acceptors (Lipinski definition) is 12. The average molecular weight is 928 g/mol. The van der Waals surface area contributed by atoms with Crippen LogP contribution in [0.5, 0.6) is 5.75 Å². The average Bonchev–Trinajstić information content (AvgIpc) is 3.71. The molecular weight excluding hydrogens is 847 g/mol. The second kappa shape index (κ2) is 22.1. The van der Waals surface area contributed by atoms with Crippen LogP contribution in [0.15, 0.2) is 42.5 Å². The molecule has 66 heavy (non-hydrogen) atoms. The number of carbonyl (C=O) groups excluding carboxylic acids is 2. The van der Waals surface area contributed by atoms with E-state index in [0.29, 0.717) is 63.5 Å². The summed E-state index contributed by atoms with van der Waals surface area (Å²) in [4.78, 5) is 40.1. The summed E-state index contributed by atoms with van der Waals surface area (Å²) < 4.78 is 45.6. The van der Waals surface area contributed by atoms with Crippen LogP contribution in [0.25, 0.3) is 0 Å². The minimum Gasteiger partial charge on any atom is -0.490 e. The van der Waals surface area contributed by atoms with Crippen LogP contribution in [-0.2, 0) is 38.0 Å². The summed E-state index contributed by atoms with van der Waals surface area (Å²) >= 11 is 0. The number of carbonyl (C=O) groups is 3. The highest BCUT2D eigenvalue weighted by Gasteiger charge is 2.57. The molecule has 0 aliphatic carbocycles. The highest BCUT2D eigenvalue weighted by molar-refractivity contribution is 5.84. The fourth-order valence-electron chi connectivity index (χ4n) is 11.8. The Balaban J connectivity index is 1.19. The number of hydrogen-bond donors (Lipinski definition) is 4. The van der Waals surface area contributed by atoms with Crippen LogP contribution >= 0.6 is 0 Å². The molecule has 0 saturated carbocycles. The zero-order valence-electron chi connectivity index (χ0n) is 41.2. The first-order chi connectivity index (χ1) is 31.3. The fraction of sp³-hybridized carbons (Fsp3) is 0.788. The van der Waals surface area contributed by atoms with Gasteiger partial charge in [0.1, 0.15) is 30.9 Å². The van der Waals surface area contributed by atoms with Gasteiger partial charge in [0.05, 0.1) is 65.9 Å². The lowest BCUT2D eigenvalue weighted by Crippen LogP contribution is -2.62. The Morgan fingerprint density at radius 1 is 0.864 bits per heavy atom. The summed E-state index contributed by atoms with van der Waals surface area (Å²) in [5, 5.41) is 36.0. The number of benzene rings is 1. The summed E-state index contributed by atoms with van der Waals surface area (Å²) in [6.07, 6.45) is 5.10. The number of amides is 1. The normalized spacial score (nSPS) is 39.3. The minimum atomic E-state index is -1.26. The maximum Gasteiger partial charge on any atom is 0.407 e. The van der Waals surface area contributed by atoms with Crippen molar-refractivity contribution >= 4 is 17.8 Å². The number of Topliss-reactive ketones (excluding diaryl/α,β-unsaturated/α-hetero) is 1. The molecule has 14 heteroatoms. The van der Waals surface area contributed by atoms with Gasteiger partial charge in [-0.1, -0.05) is 79.7 Å². The van der Waals surface area contributed by atoms with Crippen molar-refractivity contribution in [2.45, 2.75) is 205 Å². The minimum absolute atomic E-state index is 0.0247. The number of alkyl carbamates (subject to hydrolysis) is 1. The van der Waals surface area contributed by atoms with Gasteiger partial charge in [0.15, 0.2) is 5.79 Å². The van der Waals surface area contributed by atoms with E-state index in [1.807, 2.05) is 77.1 Å². The van der Waals surface area contributed by atoms with Crippen molar-refractivity contribution in [3.05, 3.63) is 42.5 Å². The first-order valence-electron chi connectivity index (χ1n) is 25.1. The Morgan fingerprint density at radius 2 is 1.58 bits per heavy atom. The van der Waals surface area contributed by atoms with Crippen molar-refractivity contribution < 1.29 is 62.9 Å². The monoisotopic (exact) mass is 928 g/mol. The lowest BCUT2D eigenvalue weighted by atomic mass is 9.72. The van der Waals surface area contributed by atoms with Crippen LogP contribution in [0.2, 0.25) is 0 Å². The molecular formula is C52H81NO13. The number of para-hydroxylation sites is 1. The highest BCUT2D eigenvalue weighted by atomic mass is 16.7. The van der Waals surface area contributed by atoms with Gasteiger partial charge in [-0.25, -0.2) is 4.79 Å². The molecule has 2 unspecified atom stereocenters. The smallest absolute Gasteiger partial charge is 0.407 e. The Kier molecular flexibility index (Phi) is 17.5. The number of nitrogens with one attached hydrogen (secondary N) is 1. The molecule has 4 saturated heterocycles. The van der Waals surface area contributed by atoms with Gasteiger partial charge in [-0.2, -0.15) is 0 Å². The second-order valence-corrected chi connectivity index (χ2v) is 20.7. The molecule has 5 aliphatic heterocycles. The van der Waals surface area contributed by atoms with E-state index >= 15 is 0 Å². The third-order valence-corrected chi connectivity index (χ3v) is 16.3. The molecule has 1 aromatic rings. The maximum absolute atomic E-state index is 14.7. The molecule has 372 valence electrons. The van der Waals surface area contributed by atoms with Crippen molar-refractivity contribution in [1.29, 1.82) is 0 Å². The molecule has 14 nitrogen and oxygen atoms in total. The van der Waals surface area contributed by atoms with E-state index in [-0.39, 0.29) is 49.0 Å². The maximum atomic E-state index is 14.7. The number of ketones is 1. The molecule has 1 aromatic carbocycles. The molecule has 5 aliphatic rings. The van der Waals surface area contributed by atoms with Crippen LogP contribution in [0.1, 0.15) is 133 Å². The van der Waals surface area contributed by atoms with E-state index in [9.17, 15) is 29.7 Å². The van der Waals surface area contributed by atoms with E-state index in [1.165, 1.54) is 0 Å². The van der Waals surface area contributed by atoms with Gasteiger partial charge in [0.25, 0.3) is 0 Å². The Labute approximate surface area is 393 Å². The van der Waals surface area contributed by atoms with E-state index in [4.69, 9.17) is 33.2 Å². The van der Waals surface area contributed by atoms with Crippen molar-refractivity contribution in [3.8, 4) is 5.75 Å². The Hall–Kier alpha value is -3.11. The SMILES string of the molecule is CC[C@@H](C(=O)[C@@H](C)[C@@H](O)[C@H](C)[C@@H]1O[C@@H]([C@@H](CC)C(=O)O)CC[C@@H]1C)[C@H]1O[C@]2(C=C[C@@H](NC(=O)OCCOc3ccccc3)C(C3CC[C@@](C)([C@H]4CC[C@](O)(CC)[C@H](C)O4)O3)O2)[C@H](C)C[C@@H]1C. The number of carboxylic acid groups (broad SMARTS) is 1. The van der Waals surface area contributed by atoms with Crippen LogP contribution < -0.4 is 10.1 Å². The largest absolute Gasteiger partial charge is 0.490 e. The zero-order valence-corrected chi connectivity index (χ0v) is 41.2. The van der Waals surface area contributed by atoms with Crippen molar-refractivity contribution in [2.24, 2.45) is 41.4 Å². The molecule has 4 N–H and O–H groups in total. The number of aliphatic hydroxyl groups is 2. The number of aliphatic hydroxyl groups excluding tert-OH is 1. The van der Waals surface area contributed by atoms with Gasteiger partial charge in [-0.05, 0) is 108 Å². The first-order valence-corrected chi connectivity index (χ1v) is 25.1. The number of aliphatic carboxylic acids is 1. The number of ether oxygens (including phenoxy) is 7. The summed E-state index contributed by atoms with van der Waals surface area (Å²) in [5.41, 5.74) is -1.57. The number of carboxylic acids is 1. The second-order valence-electron chi connectivity index (χ2n) is 20.7. The van der Waals surface area contributed by atoms with Crippen LogP contribution in [-0.4, -0.2) is 118 Å². The van der Waals surface area contributed by atoms with Gasteiger partial charge in [0.2, 0.25) is 0 Å². The lowest BCUT2D eigenvalue weighted by Gasteiger charge is -2.52. The highest BCUT2D eigenvalue weighted by Crippen LogP contribution is 2.49. The molecule has 1 amide bonds. The van der Waals surface area contributed by atoms with E-state index in [1.54, 1.807) is 6.92 Å². The quantitative estimate of drug-likeness (QED) is 0.0819. The predicted molar refractivity (Wildman–Crippen MR) is 248 cm³/mol. The van der Waals surface area contributed by atoms with Gasteiger partial charge < -0.3 is 53.8 Å². The molecule has 1 spiro atoms. The lowest BCUT2D eigenvalue weighted by molar-refractivity contribution is -0.327. The van der Waals surface area contributed by atoms with E-state index < -0.39 is 95.4 Å². The topological polar surface area (TPSA) is 189 Å². The van der Waals surface area contributed by atoms with E-state index in [0.717, 1.165) is 6.42 Å². The third-order valence-electron chi connectivity index (χ3n) is 16.3. The first kappa shape index (κ1) is 52.3. The van der Waals surface area contributed by atoms with Crippen LogP contribution in [0, 0.1) is 41.4 Å². The summed E-state index contributed by atoms with van der Waals surface area (Å²) in [5.74, 6) is -4.00. The molecule has 5 heterocycles. The molecule has 6 rings (SSSR count). The summed E-state index contributed by atoms with van der Waals surface area (Å²) in [6.45, 7) is 19.9. The standard InChI is InChI=1S/C52H81NO13/c1-11-37(48(56)57)40-20-19-30(4)45(63-40)34(8)43(54)33(7)44(55)38(12-2)46-31(5)29-32(6)52(65-46)26-21-39(53-49(58)61-28-27-60-36-17-15-14-16-18-36)47(66-52)41-22-24-50(10,64-41)42-23-25-51(59,13-3)35(9)62-42/h14-18,21,26,30-35,37-43,45-47,54,59H,11-13,19-20,22-25,27-29H2,1-10H3,(H,53,58)(H,56,57)/t30-,31-,32+,33-,34-,35-,37+,38-,39+,40+,41?,42+,43+,45+,46-,47?,50-,51+,52-/m0/s1. The van der Waals surface area contributed by atoms with Gasteiger partial charge in [0, 0.05) is 23.7 Å². The molecule has 0 bridgehead atoms. The van der Waals surface area contributed by atoms with Crippen molar-refractivity contribution in [1.82, 2.24) is 5.32 Å². The zero-order chi connectivity index (χ0) is 48.1. The van der Waals surface area contributed by atoms with Crippen LogP contribution in [0.3, 0.4) is 0 Å². The summed E-state index contributed by atoms with van der Waals surface area (Å²) in [7, 11) is 0. The molecule has 0 aromatic heterocycles. The number of rotatable bonds is 18. The summed E-state index contributed by atoms with van der Waals surface area (Å²) in [6, 6.07) is 8.66. The third kappa shape index (κ3) is 11.3. The van der Waals surface area contributed by atoms with Gasteiger partial charge in [-0.15, -0.1) is 0 Å². The van der Waals surface area contributed by atoms with E-state index in [2.05, 4.69) is 33.0 Å². The van der Waals surface area contributed by atoms with Gasteiger partial charge >= 0.3 is 12.1 Å². The fourth-order valence-corrected chi connectivity index (χ4v) is 11.8. The molecule has 19 atom stereocenters. The van der Waals surface area contributed by atoms with Crippen molar-refractivity contribution in [2.75, 3.05) is 13.2 Å². The molecule has 4 fully saturated rings. The Morgan fingerprint density at radius 3 is 2.23 bits per heavy atom. The van der Waals surface area contributed by atoms with Gasteiger partial charge in [-0.3, -0.25) is 9.59 Å². The van der Waals surface area contributed by atoms with Crippen LogP contribution in [0.4, 0.5) is 4.79 Å².